The highest BCUT2D eigenvalue weighted by atomic mass is 16.5. The lowest BCUT2D eigenvalue weighted by Gasteiger charge is -2.37. The molecule has 0 N–H and O–H groups in total. The quantitative estimate of drug-likeness (QED) is 0.639. The average molecular weight is 402 g/mol. The maximum atomic E-state index is 13.4. The minimum atomic E-state index is -0.0853. The molecular weight excluding hydrogens is 376 g/mol. The Morgan fingerprint density at radius 3 is 2.60 bits per heavy atom. The van der Waals surface area contributed by atoms with Gasteiger partial charge in [-0.25, -0.2) is 0 Å². The summed E-state index contributed by atoms with van der Waals surface area (Å²) in [5.41, 5.74) is 2.96. The third-order valence-corrected chi connectivity index (χ3v) is 5.98. The molecule has 2 atom stereocenters. The number of nitrogens with zero attached hydrogens (tertiary/aromatic N) is 2. The number of aromatic nitrogens is 1. The fourth-order valence-corrected chi connectivity index (χ4v) is 4.41. The van der Waals surface area contributed by atoms with E-state index in [4.69, 9.17) is 9.47 Å². The molecule has 0 spiro atoms. The first-order valence-electron chi connectivity index (χ1n) is 10.6. The van der Waals surface area contributed by atoms with Crippen LogP contribution < -0.4 is 4.74 Å². The molecule has 1 aromatic heterocycles. The summed E-state index contributed by atoms with van der Waals surface area (Å²) in [4.78, 5) is 15.4. The third-order valence-electron chi connectivity index (χ3n) is 5.98. The van der Waals surface area contributed by atoms with Crippen molar-refractivity contribution in [1.82, 2.24) is 9.47 Å². The molecule has 154 valence electrons. The fourth-order valence-electron chi connectivity index (χ4n) is 4.41. The van der Waals surface area contributed by atoms with Gasteiger partial charge in [-0.2, -0.15) is 0 Å². The van der Waals surface area contributed by atoms with E-state index in [1.807, 2.05) is 47.4 Å². The summed E-state index contributed by atoms with van der Waals surface area (Å²) in [5.74, 6) is 0.816. The standard InChI is InChI=1S/C25H26N2O3/c28-25(20-10-12-21(13-11-20)30-18-22-8-5-17-29-22)27-16-15-26-14-4-9-23(26)24(27)19-6-2-1-3-7-19/h1-4,6-7,9-14,22,24H,5,8,15-18H2/t22-,24+/m0/s1. The van der Waals surface area contributed by atoms with E-state index in [1.54, 1.807) is 0 Å². The van der Waals surface area contributed by atoms with Crippen LogP contribution in [0.2, 0.25) is 0 Å². The number of rotatable bonds is 5. The predicted molar refractivity (Wildman–Crippen MR) is 115 cm³/mol. The van der Waals surface area contributed by atoms with Crippen LogP contribution in [0.15, 0.2) is 72.9 Å². The molecule has 3 aromatic rings. The van der Waals surface area contributed by atoms with Crippen LogP contribution in [0.4, 0.5) is 0 Å². The number of fused-ring (bicyclic) bond motifs is 1. The maximum Gasteiger partial charge on any atom is 0.254 e. The molecule has 5 nitrogen and oxygen atoms in total. The smallest absolute Gasteiger partial charge is 0.254 e. The van der Waals surface area contributed by atoms with Gasteiger partial charge in [-0.3, -0.25) is 4.79 Å². The monoisotopic (exact) mass is 402 g/mol. The van der Waals surface area contributed by atoms with E-state index in [-0.39, 0.29) is 18.1 Å². The Labute approximate surface area is 176 Å². The molecule has 0 unspecified atom stereocenters. The van der Waals surface area contributed by atoms with Crippen molar-refractivity contribution in [2.75, 3.05) is 19.8 Å². The van der Waals surface area contributed by atoms with E-state index in [2.05, 4.69) is 35.0 Å². The zero-order valence-electron chi connectivity index (χ0n) is 16.9. The van der Waals surface area contributed by atoms with E-state index in [0.717, 1.165) is 43.0 Å². The number of benzene rings is 2. The minimum Gasteiger partial charge on any atom is -0.491 e. The van der Waals surface area contributed by atoms with Gasteiger partial charge in [0.2, 0.25) is 0 Å². The van der Waals surface area contributed by atoms with Crippen molar-refractivity contribution in [2.24, 2.45) is 0 Å². The molecule has 3 heterocycles. The van der Waals surface area contributed by atoms with E-state index < -0.39 is 0 Å². The number of hydrogen-bond donors (Lipinski definition) is 0. The van der Waals surface area contributed by atoms with E-state index in [0.29, 0.717) is 18.7 Å². The third kappa shape index (κ3) is 3.73. The van der Waals surface area contributed by atoms with Crippen LogP contribution in [0.1, 0.15) is 40.5 Å². The van der Waals surface area contributed by atoms with Gasteiger partial charge in [-0.1, -0.05) is 30.3 Å². The molecule has 5 rings (SSSR count). The van der Waals surface area contributed by atoms with Gasteiger partial charge in [-0.15, -0.1) is 0 Å². The molecule has 2 aromatic carbocycles. The Hall–Kier alpha value is -3.05. The molecule has 1 amide bonds. The Morgan fingerprint density at radius 2 is 1.83 bits per heavy atom. The number of carbonyl (C=O) groups excluding carboxylic acids is 1. The van der Waals surface area contributed by atoms with Crippen molar-refractivity contribution >= 4 is 5.91 Å². The summed E-state index contributed by atoms with van der Waals surface area (Å²) in [6, 6.07) is 21.8. The topological polar surface area (TPSA) is 43.7 Å². The van der Waals surface area contributed by atoms with Crippen molar-refractivity contribution < 1.29 is 14.3 Å². The van der Waals surface area contributed by atoms with Crippen LogP contribution >= 0.6 is 0 Å². The first kappa shape index (κ1) is 18.9. The Morgan fingerprint density at radius 1 is 1.00 bits per heavy atom. The minimum absolute atomic E-state index is 0.0435. The van der Waals surface area contributed by atoms with Crippen LogP contribution in [0.25, 0.3) is 0 Å². The number of hydrogen-bond acceptors (Lipinski definition) is 3. The lowest BCUT2D eigenvalue weighted by molar-refractivity contribution is 0.0660. The molecule has 30 heavy (non-hydrogen) atoms. The molecule has 2 aliphatic rings. The van der Waals surface area contributed by atoms with Crippen LogP contribution in [0, 0.1) is 0 Å². The first-order chi connectivity index (χ1) is 14.8. The number of amides is 1. The number of carbonyl (C=O) groups is 1. The maximum absolute atomic E-state index is 13.4. The van der Waals surface area contributed by atoms with Crippen molar-refractivity contribution in [3.05, 3.63) is 89.7 Å². The van der Waals surface area contributed by atoms with Crippen molar-refractivity contribution in [3.8, 4) is 5.75 Å². The fraction of sp³-hybridized carbons (Fsp3) is 0.320. The van der Waals surface area contributed by atoms with Crippen molar-refractivity contribution in [1.29, 1.82) is 0 Å². The second-order valence-electron chi connectivity index (χ2n) is 7.91. The summed E-state index contributed by atoms with van der Waals surface area (Å²) in [5, 5.41) is 0. The average Bonchev–Trinajstić information content (AvgIpc) is 3.49. The largest absolute Gasteiger partial charge is 0.491 e. The summed E-state index contributed by atoms with van der Waals surface area (Å²) < 4.78 is 13.7. The molecule has 0 bridgehead atoms. The van der Waals surface area contributed by atoms with E-state index >= 15 is 0 Å². The van der Waals surface area contributed by atoms with Gasteiger partial charge in [0.25, 0.3) is 5.91 Å². The normalized spacial score (nSPS) is 20.7. The lowest BCUT2D eigenvalue weighted by Crippen LogP contribution is -2.42. The van der Waals surface area contributed by atoms with Crippen molar-refractivity contribution in [3.63, 3.8) is 0 Å². The van der Waals surface area contributed by atoms with Gasteiger partial charge >= 0.3 is 0 Å². The number of ether oxygens (including phenoxy) is 2. The van der Waals surface area contributed by atoms with Gasteiger partial charge in [0.05, 0.1) is 12.1 Å². The molecule has 0 saturated carbocycles. The summed E-state index contributed by atoms with van der Waals surface area (Å²) in [6.07, 6.45) is 4.42. The predicted octanol–water partition coefficient (Wildman–Crippen LogP) is 4.29. The lowest BCUT2D eigenvalue weighted by atomic mass is 9.99. The zero-order chi connectivity index (χ0) is 20.3. The molecular formula is C25H26N2O3. The van der Waals surface area contributed by atoms with Gasteiger partial charge in [-0.05, 0) is 54.8 Å². The van der Waals surface area contributed by atoms with Crippen LogP contribution in [0.5, 0.6) is 5.75 Å². The van der Waals surface area contributed by atoms with Gasteiger partial charge in [0.1, 0.15) is 12.4 Å². The highest BCUT2D eigenvalue weighted by Crippen LogP contribution is 2.33. The second-order valence-corrected chi connectivity index (χ2v) is 7.91. The molecule has 0 radical (unpaired) electrons. The van der Waals surface area contributed by atoms with Crippen molar-refractivity contribution in [2.45, 2.75) is 31.5 Å². The zero-order valence-corrected chi connectivity index (χ0v) is 16.9. The highest BCUT2D eigenvalue weighted by molar-refractivity contribution is 5.95. The van der Waals surface area contributed by atoms with Crippen LogP contribution in [-0.2, 0) is 11.3 Å². The van der Waals surface area contributed by atoms with E-state index in [9.17, 15) is 4.79 Å². The molecule has 2 aliphatic heterocycles. The summed E-state index contributed by atoms with van der Waals surface area (Å²) in [7, 11) is 0. The van der Waals surface area contributed by atoms with Crippen LogP contribution in [0.3, 0.4) is 0 Å². The first-order valence-corrected chi connectivity index (χ1v) is 10.6. The highest BCUT2D eigenvalue weighted by Gasteiger charge is 2.32. The Kier molecular flexibility index (Phi) is 5.28. The molecule has 1 saturated heterocycles. The second kappa shape index (κ2) is 8.36. The van der Waals surface area contributed by atoms with E-state index in [1.165, 1.54) is 0 Å². The summed E-state index contributed by atoms with van der Waals surface area (Å²) >= 11 is 0. The SMILES string of the molecule is O=C(c1ccc(OC[C@@H]2CCCO2)cc1)N1CCn2cccc2[C@H]1c1ccccc1. The summed E-state index contributed by atoms with van der Waals surface area (Å²) in [6.45, 7) is 2.87. The Balaban J connectivity index is 1.35. The molecule has 1 fully saturated rings. The van der Waals surface area contributed by atoms with Gasteiger partial charge in [0, 0.05) is 37.2 Å². The van der Waals surface area contributed by atoms with Crippen LogP contribution in [-0.4, -0.2) is 41.2 Å². The molecule has 0 aliphatic carbocycles. The Bertz CT molecular complexity index is 991. The van der Waals surface area contributed by atoms with Gasteiger partial charge in [0.15, 0.2) is 0 Å². The van der Waals surface area contributed by atoms with Gasteiger partial charge < -0.3 is 18.9 Å². The molecule has 5 heteroatoms.